The molecule has 2 heterocycles. The van der Waals surface area contributed by atoms with E-state index in [2.05, 4.69) is 16.4 Å². The first-order chi connectivity index (χ1) is 14.0. The van der Waals surface area contributed by atoms with Crippen LogP contribution in [0.4, 0.5) is 0 Å². The average Bonchev–Trinajstić information content (AvgIpc) is 3.33. The molecule has 0 amide bonds. The van der Waals surface area contributed by atoms with Crippen LogP contribution in [-0.4, -0.2) is 33.9 Å². The highest BCUT2D eigenvalue weighted by Crippen LogP contribution is 2.36. The SMILES string of the molecule is CCOC(=O)CC(c1cc(C=O)c2sccc2c1)c1ccc2c(nnn2C)c1C. The molecular formula is C22H21N3O3S. The Morgan fingerprint density at radius 3 is 2.90 bits per heavy atom. The second-order valence-corrected chi connectivity index (χ2v) is 7.91. The number of aldehydes is 1. The fourth-order valence-corrected chi connectivity index (χ4v) is 4.70. The molecule has 1 atom stereocenters. The minimum Gasteiger partial charge on any atom is -0.466 e. The quantitative estimate of drug-likeness (QED) is 0.350. The molecule has 0 fully saturated rings. The second-order valence-electron chi connectivity index (χ2n) is 6.99. The Balaban J connectivity index is 1.90. The van der Waals surface area contributed by atoms with Crippen molar-refractivity contribution < 1.29 is 14.3 Å². The van der Waals surface area contributed by atoms with Gasteiger partial charge in [-0.2, -0.15) is 0 Å². The molecule has 29 heavy (non-hydrogen) atoms. The van der Waals surface area contributed by atoms with Crippen LogP contribution in [0.25, 0.3) is 21.1 Å². The largest absolute Gasteiger partial charge is 0.466 e. The smallest absolute Gasteiger partial charge is 0.306 e. The molecule has 2 aromatic heterocycles. The first-order valence-electron chi connectivity index (χ1n) is 9.44. The maximum absolute atomic E-state index is 12.4. The van der Waals surface area contributed by atoms with Crippen LogP contribution in [0, 0.1) is 6.92 Å². The Labute approximate surface area is 172 Å². The number of aromatic nitrogens is 3. The topological polar surface area (TPSA) is 74.1 Å². The zero-order chi connectivity index (χ0) is 20.5. The van der Waals surface area contributed by atoms with Crippen LogP contribution in [0.3, 0.4) is 0 Å². The summed E-state index contributed by atoms with van der Waals surface area (Å²) in [5.74, 6) is -0.516. The van der Waals surface area contributed by atoms with E-state index in [0.717, 1.165) is 44.1 Å². The third-order valence-corrected chi connectivity index (χ3v) is 6.24. The van der Waals surface area contributed by atoms with Crippen LogP contribution in [-0.2, 0) is 16.6 Å². The molecule has 4 rings (SSSR count). The van der Waals surface area contributed by atoms with E-state index >= 15 is 0 Å². The van der Waals surface area contributed by atoms with Gasteiger partial charge in [0.25, 0.3) is 0 Å². The summed E-state index contributed by atoms with van der Waals surface area (Å²) in [5.41, 5.74) is 5.26. The number of benzene rings is 2. The lowest BCUT2D eigenvalue weighted by Gasteiger charge is -2.20. The van der Waals surface area contributed by atoms with Crippen molar-refractivity contribution in [1.82, 2.24) is 15.0 Å². The van der Waals surface area contributed by atoms with Crippen LogP contribution in [0.2, 0.25) is 0 Å². The van der Waals surface area contributed by atoms with E-state index < -0.39 is 0 Å². The van der Waals surface area contributed by atoms with Crippen molar-refractivity contribution in [2.45, 2.75) is 26.2 Å². The number of hydrogen-bond donors (Lipinski definition) is 0. The van der Waals surface area contributed by atoms with Gasteiger partial charge in [0, 0.05) is 23.2 Å². The Hall–Kier alpha value is -3.06. The average molecular weight is 407 g/mol. The van der Waals surface area contributed by atoms with Crippen molar-refractivity contribution >= 4 is 44.7 Å². The van der Waals surface area contributed by atoms with E-state index in [4.69, 9.17) is 4.74 Å². The van der Waals surface area contributed by atoms with Crippen molar-refractivity contribution in [1.29, 1.82) is 0 Å². The summed E-state index contributed by atoms with van der Waals surface area (Å²) in [4.78, 5) is 24.1. The van der Waals surface area contributed by atoms with Gasteiger partial charge in [0.2, 0.25) is 0 Å². The minimum atomic E-state index is -0.269. The third kappa shape index (κ3) is 3.42. The summed E-state index contributed by atoms with van der Waals surface area (Å²) in [7, 11) is 1.85. The molecule has 2 aromatic carbocycles. The summed E-state index contributed by atoms with van der Waals surface area (Å²) in [5, 5.41) is 11.4. The molecular weight excluding hydrogens is 386 g/mol. The summed E-state index contributed by atoms with van der Waals surface area (Å²) in [6, 6.07) is 9.93. The number of aryl methyl sites for hydroxylation is 2. The van der Waals surface area contributed by atoms with Gasteiger partial charge in [-0.3, -0.25) is 9.59 Å². The lowest BCUT2D eigenvalue weighted by atomic mass is 9.84. The maximum Gasteiger partial charge on any atom is 0.306 e. The Kier molecular flexibility index (Phi) is 5.15. The Bertz CT molecular complexity index is 1220. The number of ether oxygens (including phenoxy) is 1. The van der Waals surface area contributed by atoms with Crippen LogP contribution < -0.4 is 0 Å². The van der Waals surface area contributed by atoms with Gasteiger partial charge in [0.1, 0.15) is 5.52 Å². The number of hydrogen-bond acceptors (Lipinski definition) is 6. The predicted octanol–water partition coefficient (Wildman–Crippen LogP) is 4.39. The molecule has 6 nitrogen and oxygen atoms in total. The molecule has 0 aliphatic heterocycles. The summed E-state index contributed by atoms with van der Waals surface area (Å²) < 4.78 is 7.93. The molecule has 0 aliphatic carbocycles. The van der Waals surface area contributed by atoms with E-state index in [1.165, 1.54) is 0 Å². The molecule has 0 N–H and O–H groups in total. The van der Waals surface area contributed by atoms with Crippen molar-refractivity contribution in [2.24, 2.45) is 7.05 Å². The zero-order valence-electron chi connectivity index (χ0n) is 16.5. The highest BCUT2D eigenvalue weighted by molar-refractivity contribution is 7.17. The molecule has 4 aromatic rings. The van der Waals surface area contributed by atoms with Gasteiger partial charge in [-0.1, -0.05) is 11.3 Å². The van der Waals surface area contributed by atoms with Crippen molar-refractivity contribution in [2.75, 3.05) is 6.61 Å². The minimum absolute atomic E-state index is 0.189. The van der Waals surface area contributed by atoms with Crippen molar-refractivity contribution in [3.63, 3.8) is 0 Å². The Morgan fingerprint density at radius 2 is 2.14 bits per heavy atom. The van der Waals surface area contributed by atoms with Crippen LogP contribution in [0.15, 0.2) is 35.7 Å². The molecule has 0 saturated heterocycles. The lowest BCUT2D eigenvalue weighted by Crippen LogP contribution is -2.13. The van der Waals surface area contributed by atoms with E-state index in [1.807, 2.05) is 43.6 Å². The van der Waals surface area contributed by atoms with E-state index in [-0.39, 0.29) is 18.3 Å². The number of carbonyl (C=O) groups excluding carboxylic acids is 2. The second kappa shape index (κ2) is 7.75. The molecule has 0 bridgehead atoms. The first-order valence-corrected chi connectivity index (χ1v) is 10.3. The number of nitrogens with zero attached hydrogens (tertiary/aromatic N) is 3. The summed E-state index contributed by atoms with van der Waals surface area (Å²) in [6.45, 7) is 4.12. The standard InChI is InChI=1S/C22H21N3O3S/c1-4-28-20(27)11-18(15-9-14-7-8-29-22(14)16(10-15)12-26)17-5-6-19-21(13(17)2)23-24-25(19)3/h5-10,12,18H,4,11H2,1-3H3. The molecule has 7 heteroatoms. The van der Waals surface area contributed by atoms with E-state index in [9.17, 15) is 9.59 Å². The van der Waals surface area contributed by atoms with Gasteiger partial charge in [-0.15, -0.1) is 16.4 Å². The van der Waals surface area contributed by atoms with Gasteiger partial charge in [0.15, 0.2) is 6.29 Å². The van der Waals surface area contributed by atoms with Gasteiger partial charge < -0.3 is 4.74 Å². The molecule has 0 radical (unpaired) electrons. The highest BCUT2D eigenvalue weighted by Gasteiger charge is 2.24. The van der Waals surface area contributed by atoms with E-state index in [1.54, 1.807) is 22.9 Å². The first kappa shape index (κ1) is 19.3. The van der Waals surface area contributed by atoms with Crippen molar-refractivity contribution in [3.05, 3.63) is 58.0 Å². The van der Waals surface area contributed by atoms with Gasteiger partial charge in [0.05, 0.1) is 18.5 Å². The normalized spacial score (nSPS) is 12.4. The highest BCUT2D eigenvalue weighted by atomic mass is 32.1. The number of rotatable bonds is 6. The predicted molar refractivity (Wildman–Crippen MR) is 114 cm³/mol. The number of carbonyl (C=O) groups is 2. The Morgan fingerprint density at radius 1 is 1.31 bits per heavy atom. The monoisotopic (exact) mass is 407 g/mol. The lowest BCUT2D eigenvalue weighted by molar-refractivity contribution is -0.143. The molecule has 1 unspecified atom stereocenters. The van der Waals surface area contributed by atoms with E-state index in [0.29, 0.717) is 12.2 Å². The number of fused-ring (bicyclic) bond motifs is 2. The number of esters is 1. The fourth-order valence-electron chi connectivity index (χ4n) is 3.84. The summed E-state index contributed by atoms with van der Waals surface area (Å²) in [6.07, 6.45) is 1.07. The van der Waals surface area contributed by atoms with Crippen molar-refractivity contribution in [3.8, 4) is 0 Å². The van der Waals surface area contributed by atoms with Crippen LogP contribution in [0.1, 0.15) is 46.3 Å². The van der Waals surface area contributed by atoms with Crippen LogP contribution >= 0.6 is 11.3 Å². The molecule has 0 saturated carbocycles. The van der Waals surface area contributed by atoms with Crippen LogP contribution in [0.5, 0.6) is 0 Å². The molecule has 148 valence electrons. The maximum atomic E-state index is 12.4. The third-order valence-electron chi connectivity index (χ3n) is 5.26. The number of thiophene rings is 1. The van der Waals surface area contributed by atoms with Gasteiger partial charge >= 0.3 is 5.97 Å². The zero-order valence-corrected chi connectivity index (χ0v) is 17.3. The molecule has 0 aliphatic rings. The summed E-state index contributed by atoms with van der Waals surface area (Å²) >= 11 is 1.54. The van der Waals surface area contributed by atoms with Gasteiger partial charge in [-0.05, 0) is 65.6 Å². The molecule has 0 spiro atoms. The van der Waals surface area contributed by atoms with Gasteiger partial charge in [-0.25, -0.2) is 4.68 Å². The fraction of sp³-hybridized carbons (Fsp3) is 0.273.